The van der Waals surface area contributed by atoms with Gasteiger partial charge in [0.15, 0.2) is 0 Å². The second kappa shape index (κ2) is 7.23. The van der Waals surface area contributed by atoms with Gasteiger partial charge in [-0.1, -0.05) is 11.6 Å². The van der Waals surface area contributed by atoms with Crippen LogP contribution in [-0.4, -0.2) is 29.1 Å². The summed E-state index contributed by atoms with van der Waals surface area (Å²) in [6.45, 7) is 5.58. The molecule has 2 amide bonds. The minimum Gasteiger partial charge on any atom is -0.341 e. The molecule has 0 unspecified atom stereocenters. The molecule has 0 radical (unpaired) electrons. The molecular formula is C17H19ClFN5O. The van der Waals surface area contributed by atoms with Gasteiger partial charge in [0.1, 0.15) is 5.82 Å². The summed E-state index contributed by atoms with van der Waals surface area (Å²) >= 11 is 5.72. The van der Waals surface area contributed by atoms with Crippen LogP contribution in [0.3, 0.4) is 0 Å². The fourth-order valence-corrected chi connectivity index (χ4v) is 2.97. The second-order valence-electron chi connectivity index (χ2n) is 5.97. The molecule has 1 saturated heterocycles. The lowest BCUT2D eigenvalue weighted by atomic mass is 10.3. The van der Waals surface area contributed by atoms with Crippen molar-refractivity contribution in [3.8, 4) is 0 Å². The molecule has 0 aliphatic carbocycles. The summed E-state index contributed by atoms with van der Waals surface area (Å²) in [5, 5.41) is 5.31. The smallest absolute Gasteiger partial charge is 0.323 e. The van der Waals surface area contributed by atoms with Crippen molar-refractivity contribution in [3.05, 3.63) is 40.4 Å². The maximum absolute atomic E-state index is 13.2. The monoisotopic (exact) mass is 363 g/mol. The first-order valence-electron chi connectivity index (χ1n) is 8.07. The Bertz CT molecular complexity index is 785. The van der Waals surface area contributed by atoms with E-state index in [2.05, 4.69) is 25.5 Å². The number of aryl methyl sites for hydroxylation is 2. The fourth-order valence-electron chi connectivity index (χ4n) is 2.79. The van der Waals surface area contributed by atoms with Crippen molar-refractivity contribution in [2.24, 2.45) is 0 Å². The first-order valence-corrected chi connectivity index (χ1v) is 8.45. The standard InChI is InChI=1S/C17H19ClFN5O/c1-10-15(11(2)21-16(20-10)24-7-3-4-8-24)23-17(25)22-12-5-6-14(19)13(18)9-12/h5-6,9H,3-4,7-8H2,1-2H3,(H2,22,23,25). The number of urea groups is 1. The van der Waals surface area contributed by atoms with Crippen LogP contribution in [0.25, 0.3) is 0 Å². The Kier molecular flexibility index (Phi) is 5.03. The zero-order valence-electron chi connectivity index (χ0n) is 14.1. The Morgan fingerprint density at radius 1 is 1.16 bits per heavy atom. The molecule has 6 nitrogen and oxygen atoms in total. The number of hydrogen-bond acceptors (Lipinski definition) is 4. The zero-order chi connectivity index (χ0) is 18.0. The van der Waals surface area contributed by atoms with E-state index in [-0.39, 0.29) is 5.02 Å². The van der Waals surface area contributed by atoms with Gasteiger partial charge < -0.3 is 15.5 Å². The Morgan fingerprint density at radius 2 is 1.80 bits per heavy atom. The van der Waals surface area contributed by atoms with E-state index in [1.165, 1.54) is 18.2 Å². The highest BCUT2D eigenvalue weighted by molar-refractivity contribution is 6.31. The van der Waals surface area contributed by atoms with Gasteiger partial charge in [0.25, 0.3) is 0 Å². The largest absolute Gasteiger partial charge is 0.341 e. The fraction of sp³-hybridized carbons (Fsp3) is 0.353. The van der Waals surface area contributed by atoms with Crippen molar-refractivity contribution in [2.75, 3.05) is 28.6 Å². The summed E-state index contributed by atoms with van der Waals surface area (Å²) in [5.74, 6) is 0.161. The van der Waals surface area contributed by atoms with E-state index in [9.17, 15) is 9.18 Å². The molecule has 2 N–H and O–H groups in total. The number of benzene rings is 1. The third-order valence-electron chi connectivity index (χ3n) is 4.06. The van der Waals surface area contributed by atoms with Gasteiger partial charge in [-0.05, 0) is 44.9 Å². The minimum absolute atomic E-state index is 0.0524. The van der Waals surface area contributed by atoms with Gasteiger partial charge in [-0.25, -0.2) is 19.2 Å². The maximum atomic E-state index is 13.2. The molecule has 0 bridgehead atoms. The van der Waals surface area contributed by atoms with Gasteiger partial charge in [-0.15, -0.1) is 0 Å². The molecule has 0 spiro atoms. The highest BCUT2D eigenvalue weighted by Crippen LogP contribution is 2.24. The predicted octanol–water partition coefficient (Wildman–Crippen LogP) is 4.13. The van der Waals surface area contributed by atoms with Crippen LogP contribution in [0.4, 0.5) is 26.5 Å². The Hall–Kier alpha value is -2.41. The lowest BCUT2D eigenvalue weighted by Gasteiger charge is -2.18. The quantitative estimate of drug-likeness (QED) is 0.860. The average molecular weight is 364 g/mol. The van der Waals surface area contributed by atoms with Gasteiger partial charge in [-0.2, -0.15) is 0 Å². The second-order valence-corrected chi connectivity index (χ2v) is 6.38. The predicted molar refractivity (Wildman–Crippen MR) is 97.0 cm³/mol. The van der Waals surface area contributed by atoms with Gasteiger partial charge in [0.2, 0.25) is 5.95 Å². The van der Waals surface area contributed by atoms with Crippen LogP contribution in [0.15, 0.2) is 18.2 Å². The molecule has 1 aliphatic heterocycles. The molecule has 2 aromatic rings. The number of anilines is 3. The van der Waals surface area contributed by atoms with Gasteiger partial charge in [-0.3, -0.25) is 0 Å². The van der Waals surface area contributed by atoms with E-state index < -0.39 is 11.8 Å². The number of rotatable bonds is 3. The maximum Gasteiger partial charge on any atom is 0.323 e. The van der Waals surface area contributed by atoms with Crippen molar-refractivity contribution in [3.63, 3.8) is 0 Å². The van der Waals surface area contributed by atoms with Crippen molar-refractivity contribution in [1.82, 2.24) is 9.97 Å². The van der Waals surface area contributed by atoms with Crippen LogP contribution in [0.2, 0.25) is 5.02 Å². The normalized spacial score (nSPS) is 13.8. The molecule has 1 aromatic carbocycles. The van der Waals surface area contributed by atoms with Crippen molar-refractivity contribution < 1.29 is 9.18 Å². The van der Waals surface area contributed by atoms with Gasteiger partial charge >= 0.3 is 6.03 Å². The molecule has 0 atom stereocenters. The van der Waals surface area contributed by atoms with Crippen molar-refractivity contribution in [1.29, 1.82) is 0 Å². The Balaban J connectivity index is 1.73. The number of nitrogens with one attached hydrogen (secondary N) is 2. The van der Waals surface area contributed by atoms with E-state index in [1.807, 2.05) is 13.8 Å². The van der Waals surface area contributed by atoms with Crippen molar-refractivity contribution >= 4 is 35.0 Å². The highest BCUT2D eigenvalue weighted by Gasteiger charge is 2.18. The van der Waals surface area contributed by atoms with E-state index in [4.69, 9.17) is 11.6 Å². The molecule has 1 aliphatic rings. The molecule has 1 fully saturated rings. The SMILES string of the molecule is Cc1nc(N2CCCC2)nc(C)c1NC(=O)Nc1ccc(F)c(Cl)c1. The third kappa shape index (κ3) is 3.99. The number of hydrogen-bond donors (Lipinski definition) is 2. The molecule has 3 rings (SSSR count). The molecular weight excluding hydrogens is 345 g/mol. The molecule has 132 valence electrons. The van der Waals surface area contributed by atoms with E-state index in [0.717, 1.165) is 25.9 Å². The van der Waals surface area contributed by atoms with Gasteiger partial charge in [0.05, 0.1) is 22.1 Å². The van der Waals surface area contributed by atoms with E-state index >= 15 is 0 Å². The minimum atomic E-state index is -0.537. The molecule has 2 heterocycles. The lowest BCUT2D eigenvalue weighted by Crippen LogP contribution is -2.24. The van der Waals surface area contributed by atoms with Crippen LogP contribution in [0.1, 0.15) is 24.2 Å². The number of aromatic nitrogens is 2. The zero-order valence-corrected chi connectivity index (χ0v) is 14.8. The van der Waals surface area contributed by atoms with Crippen LogP contribution in [-0.2, 0) is 0 Å². The van der Waals surface area contributed by atoms with Crippen LogP contribution in [0, 0.1) is 19.7 Å². The summed E-state index contributed by atoms with van der Waals surface area (Å²) < 4.78 is 13.2. The third-order valence-corrected chi connectivity index (χ3v) is 4.35. The summed E-state index contributed by atoms with van der Waals surface area (Å²) in [4.78, 5) is 23.3. The molecule has 8 heteroatoms. The van der Waals surface area contributed by atoms with E-state index in [0.29, 0.717) is 28.7 Å². The Morgan fingerprint density at radius 3 is 2.40 bits per heavy atom. The van der Waals surface area contributed by atoms with Gasteiger partial charge in [0, 0.05) is 18.8 Å². The molecule has 1 aromatic heterocycles. The summed E-state index contributed by atoms with van der Waals surface area (Å²) in [7, 11) is 0. The topological polar surface area (TPSA) is 70.2 Å². The summed E-state index contributed by atoms with van der Waals surface area (Å²) in [6, 6.07) is 3.52. The number of carbonyl (C=O) groups excluding carboxylic acids is 1. The lowest BCUT2D eigenvalue weighted by molar-refractivity contribution is 0.262. The summed E-state index contributed by atoms with van der Waals surface area (Å²) in [5.41, 5.74) is 2.35. The van der Waals surface area contributed by atoms with Crippen molar-refractivity contribution in [2.45, 2.75) is 26.7 Å². The number of halogens is 2. The summed E-state index contributed by atoms with van der Waals surface area (Å²) in [6.07, 6.45) is 2.29. The van der Waals surface area contributed by atoms with Crippen LogP contribution >= 0.6 is 11.6 Å². The number of amides is 2. The molecule has 0 saturated carbocycles. The average Bonchev–Trinajstić information content (AvgIpc) is 3.09. The highest BCUT2D eigenvalue weighted by atomic mass is 35.5. The van der Waals surface area contributed by atoms with Crippen LogP contribution < -0.4 is 15.5 Å². The van der Waals surface area contributed by atoms with Crippen LogP contribution in [0.5, 0.6) is 0 Å². The Labute approximate surface area is 150 Å². The molecule has 25 heavy (non-hydrogen) atoms. The number of carbonyl (C=O) groups is 1. The first kappa shape index (κ1) is 17.4. The first-order chi connectivity index (χ1) is 11.9. The number of nitrogens with zero attached hydrogens (tertiary/aromatic N) is 3. The van der Waals surface area contributed by atoms with E-state index in [1.54, 1.807) is 0 Å².